The number of likely N-dealkylation sites (tertiary alicyclic amines) is 2. The van der Waals surface area contributed by atoms with Crippen LogP contribution in [-0.4, -0.2) is 40.8 Å². The van der Waals surface area contributed by atoms with E-state index < -0.39 is 0 Å². The number of aromatic nitrogens is 1. The van der Waals surface area contributed by atoms with Crippen molar-refractivity contribution in [3.63, 3.8) is 0 Å². The van der Waals surface area contributed by atoms with Gasteiger partial charge in [0, 0.05) is 25.2 Å². The highest BCUT2D eigenvalue weighted by atomic mass is 16.2. The SMILES string of the molecule is O=C1C[C@@H]([NH+]2CCC(c3ccncc3)CC2)C(=O)N1Cc1ccccc1. The zero-order valence-electron chi connectivity index (χ0n) is 14.8. The fourth-order valence-electron chi connectivity index (χ4n) is 4.24. The fraction of sp³-hybridized carbons (Fsp3) is 0.381. The number of nitrogens with zero attached hydrogens (tertiary/aromatic N) is 2. The number of carbonyl (C=O) groups is 2. The molecular weight excluding hydrogens is 326 g/mol. The minimum Gasteiger partial charge on any atom is -0.324 e. The van der Waals surface area contributed by atoms with E-state index in [9.17, 15) is 9.59 Å². The number of hydrogen-bond acceptors (Lipinski definition) is 3. The maximum absolute atomic E-state index is 12.8. The molecule has 1 aromatic carbocycles. The highest BCUT2D eigenvalue weighted by Gasteiger charge is 2.45. The van der Waals surface area contributed by atoms with Gasteiger partial charge in [-0.05, 0) is 29.2 Å². The third-order valence-electron chi connectivity index (χ3n) is 5.73. The molecule has 5 nitrogen and oxygen atoms in total. The van der Waals surface area contributed by atoms with Gasteiger partial charge in [-0.2, -0.15) is 0 Å². The van der Waals surface area contributed by atoms with E-state index in [1.807, 2.05) is 42.7 Å². The van der Waals surface area contributed by atoms with Crippen LogP contribution in [0.3, 0.4) is 0 Å². The standard InChI is InChI=1S/C21H23N3O2/c25-20-14-19(21(26)24(20)15-16-4-2-1-3-5-16)23-12-8-18(9-13-23)17-6-10-22-11-7-17/h1-7,10-11,18-19H,8-9,12-15H2/p+1/t19-/m1/s1. The van der Waals surface area contributed by atoms with Crippen LogP contribution in [0.25, 0.3) is 0 Å². The Bertz CT molecular complexity index is 770. The molecule has 0 radical (unpaired) electrons. The van der Waals surface area contributed by atoms with E-state index in [-0.39, 0.29) is 17.9 Å². The molecule has 3 heterocycles. The molecular formula is C21H24N3O2+. The first-order valence-electron chi connectivity index (χ1n) is 9.35. The summed E-state index contributed by atoms with van der Waals surface area (Å²) in [4.78, 5) is 32.1. The summed E-state index contributed by atoms with van der Waals surface area (Å²) in [6, 6.07) is 13.7. The molecule has 2 fully saturated rings. The molecule has 134 valence electrons. The predicted molar refractivity (Wildman–Crippen MR) is 97.3 cm³/mol. The van der Waals surface area contributed by atoms with Crippen LogP contribution in [0.1, 0.15) is 36.3 Å². The van der Waals surface area contributed by atoms with Crippen molar-refractivity contribution in [2.45, 2.75) is 37.8 Å². The Balaban J connectivity index is 1.38. The van der Waals surface area contributed by atoms with Gasteiger partial charge < -0.3 is 4.90 Å². The number of benzene rings is 1. The second-order valence-electron chi connectivity index (χ2n) is 7.27. The van der Waals surface area contributed by atoms with Crippen LogP contribution in [0.5, 0.6) is 0 Å². The normalized spacial score (nSPS) is 26.3. The van der Waals surface area contributed by atoms with E-state index in [4.69, 9.17) is 0 Å². The highest BCUT2D eigenvalue weighted by molar-refractivity contribution is 6.04. The first-order valence-corrected chi connectivity index (χ1v) is 9.35. The minimum atomic E-state index is -0.204. The molecule has 4 rings (SSSR count). The quantitative estimate of drug-likeness (QED) is 0.843. The summed E-state index contributed by atoms with van der Waals surface area (Å²) < 4.78 is 0. The zero-order chi connectivity index (χ0) is 17.9. The predicted octanol–water partition coefficient (Wildman–Crippen LogP) is 1.17. The first kappa shape index (κ1) is 16.9. The van der Waals surface area contributed by atoms with E-state index >= 15 is 0 Å². The molecule has 1 aromatic heterocycles. The smallest absolute Gasteiger partial charge is 0.288 e. The molecule has 0 unspecified atom stereocenters. The molecule has 2 aliphatic rings. The van der Waals surface area contributed by atoms with Gasteiger partial charge in [-0.25, -0.2) is 0 Å². The van der Waals surface area contributed by atoms with Gasteiger partial charge in [0.1, 0.15) is 0 Å². The van der Waals surface area contributed by atoms with Gasteiger partial charge in [0.05, 0.1) is 26.1 Å². The van der Waals surface area contributed by atoms with E-state index in [0.717, 1.165) is 31.5 Å². The number of nitrogens with one attached hydrogen (secondary N) is 1. The lowest BCUT2D eigenvalue weighted by molar-refractivity contribution is -0.920. The molecule has 0 spiro atoms. The molecule has 5 heteroatoms. The van der Waals surface area contributed by atoms with Crippen LogP contribution in [0.15, 0.2) is 54.9 Å². The van der Waals surface area contributed by atoms with Crippen LogP contribution in [0, 0.1) is 0 Å². The molecule has 1 atom stereocenters. The van der Waals surface area contributed by atoms with Gasteiger partial charge >= 0.3 is 0 Å². The lowest BCUT2D eigenvalue weighted by atomic mass is 9.89. The van der Waals surface area contributed by atoms with Crippen molar-refractivity contribution >= 4 is 11.8 Å². The van der Waals surface area contributed by atoms with E-state index in [1.54, 1.807) is 0 Å². The summed E-state index contributed by atoms with van der Waals surface area (Å²) in [5, 5.41) is 0. The van der Waals surface area contributed by atoms with Gasteiger partial charge in [0.25, 0.3) is 5.91 Å². The van der Waals surface area contributed by atoms with Gasteiger partial charge in [-0.3, -0.25) is 19.5 Å². The van der Waals surface area contributed by atoms with Crippen LogP contribution in [0.4, 0.5) is 0 Å². The fourth-order valence-corrected chi connectivity index (χ4v) is 4.24. The third kappa shape index (κ3) is 3.40. The van der Waals surface area contributed by atoms with Crippen LogP contribution >= 0.6 is 0 Å². The summed E-state index contributed by atoms with van der Waals surface area (Å²) in [7, 11) is 0. The summed E-state index contributed by atoms with van der Waals surface area (Å²) in [5.74, 6) is 0.498. The van der Waals surface area contributed by atoms with Crippen molar-refractivity contribution in [3.05, 3.63) is 66.0 Å². The number of imide groups is 1. The molecule has 2 saturated heterocycles. The van der Waals surface area contributed by atoms with Crippen molar-refractivity contribution in [1.82, 2.24) is 9.88 Å². The molecule has 0 saturated carbocycles. The highest BCUT2D eigenvalue weighted by Crippen LogP contribution is 2.24. The Labute approximate surface area is 153 Å². The maximum atomic E-state index is 12.8. The molecule has 2 aromatic rings. The van der Waals surface area contributed by atoms with E-state index in [2.05, 4.69) is 17.1 Å². The summed E-state index contributed by atoms with van der Waals surface area (Å²) in [6.45, 7) is 2.27. The second-order valence-corrected chi connectivity index (χ2v) is 7.27. The minimum absolute atomic E-state index is 0.00351. The van der Waals surface area contributed by atoms with Crippen molar-refractivity contribution in [2.24, 2.45) is 0 Å². The molecule has 2 amide bonds. The topological polar surface area (TPSA) is 54.7 Å². The van der Waals surface area contributed by atoms with Crippen LogP contribution in [-0.2, 0) is 16.1 Å². The van der Waals surface area contributed by atoms with Crippen molar-refractivity contribution in [1.29, 1.82) is 0 Å². The molecule has 0 bridgehead atoms. The van der Waals surface area contributed by atoms with Gasteiger partial charge in [0.15, 0.2) is 6.04 Å². The first-order chi connectivity index (χ1) is 12.7. The van der Waals surface area contributed by atoms with E-state index in [0.29, 0.717) is 18.9 Å². The second kappa shape index (κ2) is 7.38. The number of amides is 2. The van der Waals surface area contributed by atoms with Crippen molar-refractivity contribution in [3.8, 4) is 0 Å². The lowest BCUT2D eigenvalue weighted by Gasteiger charge is -2.32. The van der Waals surface area contributed by atoms with Crippen molar-refractivity contribution in [2.75, 3.05) is 13.1 Å². The van der Waals surface area contributed by atoms with Gasteiger partial charge in [-0.1, -0.05) is 30.3 Å². The number of quaternary nitrogens is 1. The number of pyridine rings is 1. The lowest BCUT2D eigenvalue weighted by Crippen LogP contribution is -3.17. The average molecular weight is 350 g/mol. The number of hydrogen-bond donors (Lipinski definition) is 1. The van der Waals surface area contributed by atoms with E-state index in [1.165, 1.54) is 15.4 Å². The monoisotopic (exact) mass is 350 g/mol. The summed E-state index contributed by atoms with van der Waals surface area (Å²) in [5.41, 5.74) is 2.33. The molecule has 0 aliphatic carbocycles. The Morgan fingerprint density at radius 1 is 1.00 bits per heavy atom. The zero-order valence-corrected chi connectivity index (χ0v) is 14.8. The van der Waals surface area contributed by atoms with Crippen LogP contribution < -0.4 is 4.90 Å². The number of rotatable bonds is 4. The Morgan fingerprint density at radius 3 is 2.38 bits per heavy atom. The third-order valence-corrected chi connectivity index (χ3v) is 5.73. The number of piperidine rings is 1. The van der Waals surface area contributed by atoms with Crippen molar-refractivity contribution < 1.29 is 14.5 Å². The Hall–Kier alpha value is -2.53. The molecule has 1 N–H and O–H groups in total. The van der Waals surface area contributed by atoms with Gasteiger partial charge in [-0.15, -0.1) is 0 Å². The van der Waals surface area contributed by atoms with Crippen LogP contribution in [0.2, 0.25) is 0 Å². The summed E-state index contributed by atoms with van der Waals surface area (Å²) >= 11 is 0. The summed E-state index contributed by atoms with van der Waals surface area (Å²) in [6.07, 6.45) is 6.14. The molecule has 26 heavy (non-hydrogen) atoms. The molecule has 2 aliphatic heterocycles. The van der Waals surface area contributed by atoms with Gasteiger partial charge in [0.2, 0.25) is 5.91 Å². The average Bonchev–Trinajstić information content (AvgIpc) is 2.98. The Morgan fingerprint density at radius 2 is 1.69 bits per heavy atom. The maximum Gasteiger partial charge on any atom is 0.288 e. The largest absolute Gasteiger partial charge is 0.324 e. The Kier molecular flexibility index (Phi) is 4.80. The number of carbonyl (C=O) groups excluding carboxylic acids is 2.